The summed E-state index contributed by atoms with van der Waals surface area (Å²) in [5.41, 5.74) is -0.607. The van der Waals surface area contributed by atoms with Crippen LogP contribution in [0.3, 0.4) is 0 Å². The lowest BCUT2D eigenvalue weighted by molar-refractivity contribution is -0.166. The summed E-state index contributed by atoms with van der Waals surface area (Å²) < 4.78 is 15.7. The molecule has 1 saturated carbocycles. The molecular weight excluding hydrogens is 336 g/mol. The maximum Gasteiger partial charge on any atom is 0.309 e. The SMILES string of the molecule is CCCCCCOC(=O)C1CC(C(=O)OC)CC(C(=O)OC(C)(C)C)C1. The highest BCUT2D eigenvalue weighted by atomic mass is 16.6. The van der Waals surface area contributed by atoms with Crippen molar-refractivity contribution in [2.45, 2.75) is 78.2 Å². The van der Waals surface area contributed by atoms with E-state index < -0.39 is 23.4 Å². The Morgan fingerprint density at radius 1 is 0.846 bits per heavy atom. The monoisotopic (exact) mass is 370 g/mol. The molecular formula is C20H34O6. The maximum atomic E-state index is 12.4. The Bertz CT molecular complexity index is 479. The molecule has 0 bridgehead atoms. The molecule has 6 nitrogen and oxygen atoms in total. The van der Waals surface area contributed by atoms with Gasteiger partial charge < -0.3 is 14.2 Å². The van der Waals surface area contributed by atoms with Crippen LogP contribution in [0.2, 0.25) is 0 Å². The summed E-state index contributed by atoms with van der Waals surface area (Å²) in [7, 11) is 1.32. The number of carbonyl (C=O) groups is 3. The Hall–Kier alpha value is -1.59. The lowest BCUT2D eigenvalue weighted by atomic mass is 9.75. The van der Waals surface area contributed by atoms with Crippen LogP contribution in [0.15, 0.2) is 0 Å². The van der Waals surface area contributed by atoms with Crippen molar-refractivity contribution in [3.63, 3.8) is 0 Å². The highest BCUT2D eigenvalue weighted by molar-refractivity contribution is 5.80. The first-order valence-electron chi connectivity index (χ1n) is 9.65. The van der Waals surface area contributed by atoms with Crippen LogP contribution in [0.4, 0.5) is 0 Å². The van der Waals surface area contributed by atoms with Crippen LogP contribution in [0.25, 0.3) is 0 Å². The van der Waals surface area contributed by atoms with Crippen molar-refractivity contribution in [1.29, 1.82) is 0 Å². The molecule has 6 heteroatoms. The van der Waals surface area contributed by atoms with Crippen LogP contribution in [0, 0.1) is 17.8 Å². The summed E-state index contributed by atoms with van der Waals surface area (Å²) in [5, 5.41) is 0. The van der Waals surface area contributed by atoms with Gasteiger partial charge in [0.1, 0.15) is 5.60 Å². The Balaban J connectivity index is 2.69. The van der Waals surface area contributed by atoms with Crippen molar-refractivity contribution in [3.05, 3.63) is 0 Å². The van der Waals surface area contributed by atoms with Crippen molar-refractivity contribution >= 4 is 17.9 Å². The standard InChI is InChI=1S/C20H34O6/c1-6-7-8-9-10-25-18(22)15-11-14(17(21)24-5)12-16(13-15)19(23)26-20(2,3)4/h14-16H,6-13H2,1-5H3. The zero-order chi connectivity index (χ0) is 19.7. The van der Waals surface area contributed by atoms with Gasteiger partial charge in [-0.2, -0.15) is 0 Å². The van der Waals surface area contributed by atoms with Crippen molar-refractivity contribution in [2.75, 3.05) is 13.7 Å². The van der Waals surface area contributed by atoms with Crippen molar-refractivity contribution in [2.24, 2.45) is 17.8 Å². The number of hydrogen-bond donors (Lipinski definition) is 0. The third-order valence-corrected chi connectivity index (χ3v) is 4.56. The number of rotatable bonds is 8. The van der Waals surface area contributed by atoms with Gasteiger partial charge in [0.25, 0.3) is 0 Å². The Morgan fingerprint density at radius 3 is 1.88 bits per heavy atom. The van der Waals surface area contributed by atoms with E-state index in [4.69, 9.17) is 14.2 Å². The average Bonchev–Trinajstić information content (AvgIpc) is 2.58. The third kappa shape index (κ3) is 7.75. The zero-order valence-electron chi connectivity index (χ0n) is 16.8. The van der Waals surface area contributed by atoms with E-state index in [0.717, 1.165) is 25.7 Å². The van der Waals surface area contributed by atoms with Gasteiger partial charge in [0.05, 0.1) is 31.5 Å². The number of carbonyl (C=O) groups excluding carboxylic acids is 3. The molecule has 0 aromatic carbocycles. The minimum absolute atomic E-state index is 0.330. The molecule has 0 heterocycles. The van der Waals surface area contributed by atoms with Crippen LogP contribution in [0.1, 0.15) is 72.6 Å². The molecule has 0 aromatic heterocycles. The fourth-order valence-electron chi connectivity index (χ4n) is 3.27. The molecule has 0 N–H and O–H groups in total. The van der Waals surface area contributed by atoms with Crippen LogP contribution >= 0.6 is 0 Å². The van der Waals surface area contributed by atoms with E-state index in [0.29, 0.717) is 25.9 Å². The minimum Gasteiger partial charge on any atom is -0.469 e. The molecule has 0 radical (unpaired) electrons. The summed E-state index contributed by atoms with van der Waals surface area (Å²) in [4.78, 5) is 36.9. The topological polar surface area (TPSA) is 78.9 Å². The van der Waals surface area contributed by atoms with E-state index in [2.05, 4.69) is 6.92 Å². The van der Waals surface area contributed by atoms with Gasteiger partial charge in [-0.25, -0.2) is 0 Å². The fourth-order valence-corrected chi connectivity index (χ4v) is 3.27. The molecule has 0 aromatic rings. The number of ether oxygens (including phenoxy) is 3. The Morgan fingerprint density at radius 2 is 1.38 bits per heavy atom. The van der Waals surface area contributed by atoms with Crippen LogP contribution in [0.5, 0.6) is 0 Å². The minimum atomic E-state index is -0.607. The lowest BCUT2D eigenvalue weighted by Gasteiger charge is -2.33. The predicted molar refractivity (Wildman–Crippen MR) is 97.3 cm³/mol. The first-order valence-corrected chi connectivity index (χ1v) is 9.65. The van der Waals surface area contributed by atoms with Gasteiger partial charge in [-0.3, -0.25) is 14.4 Å². The molecule has 1 aliphatic rings. The van der Waals surface area contributed by atoms with E-state index in [9.17, 15) is 14.4 Å². The van der Waals surface area contributed by atoms with Crippen molar-refractivity contribution in [1.82, 2.24) is 0 Å². The normalized spacial score (nSPS) is 23.2. The third-order valence-electron chi connectivity index (χ3n) is 4.56. The second-order valence-electron chi connectivity index (χ2n) is 8.08. The van der Waals surface area contributed by atoms with E-state index in [1.54, 1.807) is 20.8 Å². The maximum absolute atomic E-state index is 12.4. The van der Waals surface area contributed by atoms with Gasteiger partial charge in [-0.15, -0.1) is 0 Å². The summed E-state index contributed by atoms with van der Waals surface area (Å²) in [6, 6.07) is 0. The highest BCUT2D eigenvalue weighted by Crippen LogP contribution is 2.36. The summed E-state index contributed by atoms with van der Waals surface area (Å²) in [5.74, 6) is -2.54. The van der Waals surface area contributed by atoms with Crippen LogP contribution in [-0.2, 0) is 28.6 Å². The molecule has 3 atom stereocenters. The van der Waals surface area contributed by atoms with E-state index >= 15 is 0 Å². The Labute approximate surface area is 156 Å². The molecule has 0 saturated heterocycles. The molecule has 0 spiro atoms. The molecule has 3 unspecified atom stereocenters. The molecule has 0 amide bonds. The first kappa shape index (κ1) is 22.5. The summed E-state index contributed by atoms with van der Waals surface area (Å²) in [6.45, 7) is 7.90. The van der Waals surface area contributed by atoms with Gasteiger partial charge in [0.2, 0.25) is 0 Å². The molecule has 1 fully saturated rings. The highest BCUT2D eigenvalue weighted by Gasteiger charge is 2.41. The van der Waals surface area contributed by atoms with Crippen molar-refractivity contribution < 1.29 is 28.6 Å². The van der Waals surface area contributed by atoms with E-state index in [-0.39, 0.29) is 17.9 Å². The van der Waals surface area contributed by atoms with E-state index in [1.807, 2.05) is 0 Å². The van der Waals surface area contributed by atoms with Gasteiger partial charge in [-0.1, -0.05) is 26.2 Å². The molecule has 1 aliphatic carbocycles. The Kier molecular flexibility index (Phi) is 9.09. The lowest BCUT2D eigenvalue weighted by Crippen LogP contribution is -2.38. The van der Waals surface area contributed by atoms with Crippen LogP contribution in [-0.4, -0.2) is 37.2 Å². The molecule has 150 valence electrons. The predicted octanol–water partition coefficient (Wildman–Crippen LogP) is 3.66. The van der Waals surface area contributed by atoms with Crippen molar-refractivity contribution in [3.8, 4) is 0 Å². The first-order chi connectivity index (χ1) is 12.2. The largest absolute Gasteiger partial charge is 0.469 e. The van der Waals surface area contributed by atoms with E-state index in [1.165, 1.54) is 7.11 Å². The van der Waals surface area contributed by atoms with Gasteiger partial charge >= 0.3 is 17.9 Å². The smallest absolute Gasteiger partial charge is 0.309 e. The molecule has 26 heavy (non-hydrogen) atoms. The second-order valence-corrected chi connectivity index (χ2v) is 8.08. The molecule has 0 aliphatic heterocycles. The van der Waals surface area contributed by atoms with Crippen LogP contribution < -0.4 is 0 Å². The number of methoxy groups -OCH3 is 1. The summed E-state index contributed by atoms with van der Waals surface area (Å²) in [6.07, 6.45) is 5.17. The molecule has 1 rings (SSSR count). The number of unbranched alkanes of at least 4 members (excludes halogenated alkanes) is 3. The summed E-state index contributed by atoms with van der Waals surface area (Å²) >= 11 is 0. The zero-order valence-corrected chi connectivity index (χ0v) is 16.8. The fraction of sp³-hybridized carbons (Fsp3) is 0.850. The van der Waals surface area contributed by atoms with Gasteiger partial charge in [0, 0.05) is 0 Å². The quantitative estimate of drug-likeness (QED) is 0.369. The van der Waals surface area contributed by atoms with Gasteiger partial charge in [0.15, 0.2) is 0 Å². The second kappa shape index (κ2) is 10.5. The van der Waals surface area contributed by atoms with Gasteiger partial charge in [-0.05, 0) is 46.5 Å². The number of hydrogen-bond acceptors (Lipinski definition) is 6. The number of esters is 3. The average molecular weight is 370 g/mol.